The third-order valence-electron chi connectivity index (χ3n) is 5.48. The molecule has 0 radical (unpaired) electrons. The summed E-state index contributed by atoms with van der Waals surface area (Å²) in [5.41, 5.74) is 6.24. The number of benzene rings is 2. The highest BCUT2D eigenvalue weighted by Crippen LogP contribution is 2.57. The summed E-state index contributed by atoms with van der Waals surface area (Å²) in [6, 6.07) is 16.1. The first kappa shape index (κ1) is 22.3. The van der Waals surface area contributed by atoms with Crippen LogP contribution in [0, 0.1) is 0 Å². The van der Waals surface area contributed by atoms with Gasteiger partial charge in [0, 0.05) is 12.5 Å². The summed E-state index contributed by atoms with van der Waals surface area (Å²) in [6.07, 6.45) is 0.211. The van der Waals surface area contributed by atoms with Crippen LogP contribution < -0.4 is 11.1 Å². The van der Waals surface area contributed by atoms with E-state index in [4.69, 9.17) is 10.5 Å². The molecule has 1 aliphatic rings. The summed E-state index contributed by atoms with van der Waals surface area (Å²) in [6.45, 7) is 7.31. The van der Waals surface area contributed by atoms with Crippen LogP contribution in [0.1, 0.15) is 44.7 Å². The number of alkyl carbamates (subject to hydrolysis) is 1. The average Bonchev–Trinajstić information content (AvgIpc) is 3.36. The number of carbonyl (C=O) groups excluding carboxylic acids is 1. The zero-order chi connectivity index (χ0) is 22.2. The van der Waals surface area contributed by atoms with Crippen LogP contribution in [0.3, 0.4) is 0 Å². The molecule has 1 amide bonds. The highest BCUT2D eigenvalue weighted by Gasteiger charge is 2.71. The lowest BCUT2D eigenvalue weighted by Crippen LogP contribution is -2.49. The highest BCUT2D eigenvalue weighted by atomic mass is 32.2. The maximum absolute atomic E-state index is 13.5. The maximum Gasteiger partial charge on any atom is 0.408 e. The van der Waals surface area contributed by atoms with Crippen molar-refractivity contribution in [3.05, 3.63) is 65.7 Å². The van der Waals surface area contributed by atoms with Crippen LogP contribution in [0.15, 0.2) is 59.5 Å². The van der Waals surface area contributed by atoms with Gasteiger partial charge < -0.3 is 15.8 Å². The van der Waals surface area contributed by atoms with Gasteiger partial charge in [-0.05, 0) is 50.5 Å². The van der Waals surface area contributed by atoms with Gasteiger partial charge in [0.2, 0.25) is 0 Å². The summed E-state index contributed by atoms with van der Waals surface area (Å²) >= 11 is 0. The first-order chi connectivity index (χ1) is 14.0. The Balaban J connectivity index is 2.02. The monoisotopic (exact) mass is 430 g/mol. The van der Waals surface area contributed by atoms with E-state index in [1.54, 1.807) is 51.1 Å². The Hall–Kier alpha value is -2.38. The standard InChI is InChI=1S/C23H30N2O4S/c1-5-16-11-13-17(14-12-16)19-20(30(27,28)18-9-7-6-8-10-18)23(19,15-24)25-21(26)29-22(2,3)4/h6-14,19-20H,5,15,24H2,1-4H3,(H,25,26)/t19-,20-,23-/m1/s1. The molecule has 0 spiro atoms. The molecule has 0 aliphatic heterocycles. The summed E-state index contributed by atoms with van der Waals surface area (Å²) in [5.74, 6) is -0.467. The van der Waals surface area contributed by atoms with Crippen molar-refractivity contribution >= 4 is 15.9 Å². The van der Waals surface area contributed by atoms with Gasteiger partial charge in [0.1, 0.15) is 10.9 Å². The van der Waals surface area contributed by atoms with Crippen LogP contribution >= 0.6 is 0 Å². The van der Waals surface area contributed by atoms with Crippen LogP contribution in [0.5, 0.6) is 0 Å². The van der Waals surface area contributed by atoms with E-state index < -0.39 is 38.2 Å². The van der Waals surface area contributed by atoms with Crippen LogP contribution in [0.4, 0.5) is 4.79 Å². The zero-order valence-electron chi connectivity index (χ0n) is 17.9. The molecule has 0 aromatic heterocycles. The van der Waals surface area contributed by atoms with Gasteiger partial charge in [0.25, 0.3) is 0 Å². The normalized spacial score (nSPS) is 23.6. The molecule has 1 aliphatic carbocycles. The van der Waals surface area contributed by atoms with Gasteiger partial charge in [-0.15, -0.1) is 0 Å². The van der Waals surface area contributed by atoms with Gasteiger partial charge in [-0.3, -0.25) is 0 Å². The Morgan fingerprint density at radius 3 is 2.20 bits per heavy atom. The number of amides is 1. The van der Waals surface area contributed by atoms with Gasteiger partial charge in [0.05, 0.1) is 10.4 Å². The van der Waals surface area contributed by atoms with E-state index in [9.17, 15) is 13.2 Å². The fourth-order valence-electron chi connectivity index (χ4n) is 3.99. The molecular formula is C23H30N2O4S. The number of hydrogen-bond donors (Lipinski definition) is 2. The molecule has 2 aromatic carbocycles. The summed E-state index contributed by atoms with van der Waals surface area (Å²) in [4.78, 5) is 12.8. The molecule has 30 heavy (non-hydrogen) atoms. The Kier molecular flexibility index (Phi) is 5.98. The van der Waals surface area contributed by atoms with Crippen molar-refractivity contribution in [3.63, 3.8) is 0 Å². The predicted octanol–water partition coefficient (Wildman–Crippen LogP) is 3.41. The first-order valence-electron chi connectivity index (χ1n) is 10.1. The summed E-state index contributed by atoms with van der Waals surface area (Å²) in [7, 11) is -3.74. The quantitative estimate of drug-likeness (QED) is 0.732. The van der Waals surface area contributed by atoms with E-state index in [0.717, 1.165) is 17.5 Å². The lowest BCUT2D eigenvalue weighted by molar-refractivity contribution is 0.0497. The molecule has 3 rings (SSSR count). The molecule has 3 N–H and O–H groups in total. The van der Waals surface area contributed by atoms with Gasteiger partial charge >= 0.3 is 6.09 Å². The van der Waals surface area contributed by atoms with Gasteiger partial charge in [-0.25, -0.2) is 13.2 Å². The molecule has 1 saturated carbocycles. The van der Waals surface area contributed by atoms with Gasteiger partial charge in [-0.1, -0.05) is 49.4 Å². The van der Waals surface area contributed by atoms with E-state index >= 15 is 0 Å². The number of rotatable bonds is 6. The van der Waals surface area contributed by atoms with Crippen molar-refractivity contribution in [2.45, 2.75) is 61.3 Å². The number of hydrogen-bond acceptors (Lipinski definition) is 5. The number of nitrogens with two attached hydrogens (primary N) is 1. The maximum atomic E-state index is 13.5. The molecule has 6 nitrogen and oxygen atoms in total. The predicted molar refractivity (Wildman–Crippen MR) is 117 cm³/mol. The molecule has 162 valence electrons. The Morgan fingerprint density at radius 1 is 1.10 bits per heavy atom. The fourth-order valence-corrected chi connectivity index (χ4v) is 6.35. The van der Waals surface area contributed by atoms with E-state index in [1.165, 1.54) is 0 Å². The number of aryl methyl sites for hydroxylation is 1. The van der Waals surface area contributed by atoms with Crippen LogP contribution in [-0.4, -0.2) is 37.4 Å². The zero-order valence-corrected chi connectivity index (χ0v) is 18.7. The topological polar surface area (TPSA) is 98.5 Å². The number of carbonyl (C=O) groups is 1. The minimum Gasteiger partial charge on any atom is -0.444 e. The fraction of sp³-hybridized carbons (Fsp3) is 0.435. The van der Waals surface area contributed by atoms with Gasteiger partial charge in [0.15, 0.2) is 9.84 Å². The SMILES string of the molecule is CCc1ccc([C@@H]2[C@@H](S(=O)(=O)c3ccccc3)[C@]2(CN)NC(=O)OC(C)(C)C)cc1. The molecule has 1 fully saturated rings. The van der Waals surface area contributed by atoms with E-state index in [2.05, 4.69) is 12.2 Å². The molecule has 0 bridgehead atoms. The second kappa shape index (κ2) is 8.04. The minimum atomic E-state index is -3.74. The van der Waals surface area contributed by atoms with Crippen molar-refractivity contribution < 1.29 is 17.9 Å². The third-order valence-corrected chi connectivity index (χ3v) is 7.77. The Morgan fingerprint density at radius 2 is 1.70 bits per heavy atom. The number of sulfone groups is 1. The van der Waals surface area contributed by atoms with E-state index in [0.29, 0.717) is 0 Å². The molecule has 0 unspecified atom stereocenters. The smallest absolute Gasteiger partial charge is 0.408 e. The van der Waals surface area contributed by atoms with Crippen LogP contribution in [0.25, 0.3) is 0 Å². The molecule has 7 heteroatoms. The molecule has 0 saturated heterocycles. The summed E-state index contributed by atoms with van der Waals surface area (Å²) < 4.78 is 32.4. The van der Waals surface area contributed by atoms with E-state index in [-0.39, 0.29) is 11.4 Å². The number of ether oxygens (including phenoxy) is 1. The molecule has 2 aromatic rings. The highest BCUT2D eigenvalue weighted by molar-refractivity contribution is 7.92. The van der Waals surface area contributed by atoms with Crippen molar-refractivity contribution in [2.75, 3.05) is 6.54 Å². The lowest BCUT2D eigenvalue weighted by Gasteiger charge is -2.24. The van der Waals surface area contributed by atoms with Gasteiger partial charge in [-0.2, -0.15) is 0 Å². The van der Waals surface area contributed by atoms with Crippen molar-refractivity contribution in [2.24, 2.45) is 5.73 Å². The van der Waals surface area contributed by atoms with Crippen LogP contribution in [-0.2, 0) is 21.0 Å². The lowest BCUT2D eigenvalue weighted by atomic mass is 10.0. The largest absolute Gasteiger partial charge is 0.444 e. The number of nitrogens with one attached hydrogen (secondary N) is 1. The second-order valence-corrected chi connectivity index (χ2v) is 10.8. The first-order valence-corrected chi connectivity index (χ1v) is 11.7. The molecule has 0 heterocycles. The molecular weight excluding hydrogens is 400 g/mol. The second-order valence-electron chi connectivity index (χ2n) is 8.72. The summed E-state index contributed by atoms with van der Waals surface area (Å²) in [5, 5.41) is 1.93. The Bertz CT molecular complexity index is 998. The molecule has 3 atom stereocenters. The van der Waals surface area contributed by atoms with E-state index in [1.807, 2.05) is 24.3 Å². The Labute approximate surface area is 178 Å². The third kappa shape index (κ3) is 4.23. The van der Waals surface area contributed by atoms with Crippen molar-refractivity contribution in [1.29, 1.82) is 0 Å². The van der Waals surface area contributed by atoms with Crippen molar-refractivity contribution in [3.8, 4) is 0 Å². The average molecular weight is 431 g/mol. The van der Waals surface area contributed by atoms with Crippen molar-refractivity contribution in [1.82, 2.24) is 5.32 Å². The van der Waals surface area contributed by atoms with Crippen LogP contribution in [0.2, 0.25) is 0 Å². The minimum absolute atomic E-state index is 0.0246.